The van der Waals surface area contributed by atoms with Crippen LogP contribution in [0.2, 0.25) is 0 Å². The Morgan fingerprint density at radius 1 is 1.22 bits per heavy atom. The van der Waals surface area contributed by atoms with Gasteiger partial charge in [0.15, 0.2) is 5.82 Å². The van der Waals surface area contributed by atoms with E-state index >= 15 is 0 Å². The number of amides is 1. The lowest BCUT2D eigenvalue weighted by Crippen LogP contribution is -2.48. The lowest BCUT2D eigenvalue weighted by molar-refractivity contribution is 0.0173. The second kappa shape index (κ2) is 8.29. The van der Waals surface area contributed by atoms with Crippen LogP contribution in [0, 0.1) is 11.8 Å². The van der Waals surface area contributed by atoms with E-state index in [2.05, 4.69) is 26.3 Å². The number of ether oxygens (including phenoxy) is 2. The van der Waals surface area contributed by atoms with Crippen molar-refractivity contribution in [2.24, 2.45) is 24.6 Å². The minimum atomic E-state index is -0.103. The number of nitrogens with zero attached hydrogens (tertiary/aromatic N) is 5. The smallest absolute Gasteiger partial charge is 0.254 e. The van der Waals surface area contributed by atoms with E-state index in [4.69, 9.17) is 20.2 Å². The number of nitrogens with two attached hydrogens (primary N) is 1. The number of hydrogen-bond donors (Lipinski definition) is 1. The fourth-order valence-electron chi connectivity index (χ4n) is 6.55. The van der Waals surface area contributed by atoms with Crippen molar-refractivity contribution in [1.82, 2.24) is 24.0 Å². The Balaban J connectivity index is 1.33. The van der Waals surface area contributed by atoms with Gasteiger partial charge in [0.2, 0.25) is 0 Å². The molecule has 3 aliphatic rings. The maximum atomic E-state index is 13.7. The Hall–Kier alpha value is -3.43. The summed E-state index contributed by atoms with van der Waals surface area (Å²) >= 11 is 0. The number of likely N-dealkylation sites (tertiary alicyclic amines) is 1. The Bertz CT molecular complexity index is 1540. The van der Waals surface area contributed by atoms with Gasteiger partial charge in [-0.3, -0.25) is 4.79 Å². The molecule has 7 rings (SSSR count). The second-order valence-corrected chi connectivity index (χ2v) is 10.8. The van der Waals surface area contributed by atoms with Crippen LogP contribution < -0.4 is 10.5 Å². The molecule has 2 bridgehead atoms. The first kappa shape index (κ1) is 22.7. The zero-order valence-corrected chi connectivity index (χ0v) is 21.4. The van der Waals surface area contributed by atoms with Crippen LogP contribution in [-0.2, 0) is 18.3 Å². The Morgan fingerprint density at radius 2 is 2.05 bits per heavy atom. The molecule has 192 valence electrons. The quantitative estimate of drug-likeness (QED) is 0.436. The molecule has 0 radical (unpaired) electrons. The van der Waals surface area contributed by atoms with Crippen LogP contribution in [0.1, 0.15) is 29.6 Å². The number of aryl methyl sites for hydroxylation is 1. The molecule has 2 N–H and O–H groups in total. The van der Waals surface area contributed by atoms with Crippen LogP contribution in [-0.4, -0.2) is 68.9 Å². The summed E-state index contributed by atoms with van der Waals surface area (Å²) in [5, 5.41) is 1.10. The number of pyridine rings is 1. The lowest BCUT2D eigenvalue weighted by Gasteiger charge is -2.32. The summed E-state index contributed by atoms with van der Waals surface area (Å²) in [5.41, 5.74) is 10.6. The maximum absolute atomic E-state index is 13.7. The molecule has 0 spiro atoms. The predicted octanol–water partition coefficient (Wildman–Crippen LogP) is 3.20. The van der Waals surface area contributed by atoms with Gasteiger partial charge in [0.1, 0.15) is 16.9 Å². The Morgan fingerprint density at radius 3 is 2.78 bits per heavy atom. The fourth-order valence-corrected chi connectivity index (χ4v) is 6.55. The van der Waals surface area contributed by atoms with E-state index in [1.807, 2.05) is 36.3 Å². The number of benzene rings is 1. The minimum absolute atomic E-state index is 0.0215. The molecule has 1 aromatic carbocycles. The topological polar surface area (TPSA) is 100 Å². The molecule has 2 aliphatic carbocycles. The summed E-state index contributed by atoms with van der Waals surface area (Å²) in [6, 6.07) is 9.78. The van der Waals surface area contributed by atoms with E-state index in [0.717, 1.165) is 46.6 Å². The van der Waals surface area contributed by atoms with Gasteiger partial charge in [-0.05, 0) is 61.4 Å². The number of piperidine rings is 1. The van der Waals surface area contributed by atoms with E-state index in [9.17, 15) is 4.79 Å². The molecule has 4 heterocycles. The van der Waals surface area contributed by atoms with Crippen LogP contribution in [0.5, 0.6) is 5.75 Å². The van der Waals surface area contributed by atoms with Gasteiger partial charge in [-0.15, -0.1) is 0 Å². The van der Waals surface area contributed by atoms with Gasteiger partial charge in [-0.1, -0.05) is 0 Å². The van der Waals surface area contributed by atoms with Gasteiger partial charge in [0, 0.05) is 50.4 Å². The molecule has 9 heteroatoms. The number of methoxy groups -OCH3 is 2. The molecule has 37 heavy (non-hydrogen) atoms. The summed E-state index contributed by atoms with van der Waals surface area (Å²) in [6.45, 7) is 1.59. The summed E-state index contributed by atoms with van der Waals surface area (Å²) < 4.78 is 15.8. The highest BCUT2D eigenvalue weighted by Crippen LogP contribution is 2.41. The molecule has 2 saturated carbocycles. The number of imidazole rings is 1. The van der Waals surface area contributed by atoms with Crippen molar-refractivity contribution in [2.75, 3.05) is 20.8 Å². The second-order valence-electron chi connectivity index (χ2n) is 10.8. The highest BCUT2D eigenvalue weighted by Gasteiger charge is 2.53. The van der Waals surface area contributed by atoms with Crippen LogP contribution in [0.3, 0.4) is 0 Å². The van der Waals surface area contributed by atoms with Crippen LogP contribution in [0.15, 0.2) is 36.5 Å². The highest BCUT2D eigenvalue weighted by molar-refractivity contribution is 6.00. The van der Waals surface area contributed by atoms with E-state index in [0.29, 0.717) is 23.8 Å². The number of carbonyl (C=O) groups excluding carboxylic acids is 1. The summed E-state index contributed by atoms with van der Waals surface area (Å²) in [7, 11) is 5.34. The van der Waals surface area contributed by atoms with E-state index < -0.39 is 0 Å². The first-order chi connectivity index (χ1) is 18.0. The largest absolute Gasteiger partial charge is 0.494 e. The fraction of sp³-hybridized carbons (Fsp3) is 0.464. The molecule has 1 saturated heterocycles. The first-order valence-corrected chi connectivity index (χ1v) is 13.1. The van der Waals surface area contributed by atoms with Crippen molar-refractivity contribution in [3.05, 3.63) is 42.1 Å². The van der Waals surface area contributed by atoms with Gasteiger partial charge >= 0.3 is 0 Å². The van der Waals surface area contributed by atoms with Crippen LogP contribution >= 0.6 is 0 Å². The van der Waals surface area contributed by atoms with Crippen LogP contribution in [0.4, 0.5) is 0 Å². The number of carbonyl (C=O) groups is 1. The normalized spacial score (nSPS) is 25.0. The monoisotopic (exact) mass is 500 g/mol. The molecule has 1 unspecified atom stereocenters. The molecular formula is C28H32N6O3. The number of aromatic nitrogens is 4. The third-order valence-electron chi connectivity index (χ3n) is 8.63. The van der Waals surface area contributed by atoms with Crippen molar-refractivity contribution in [3.8, 4) is 17.3 Å². The Labute approximate surface area is 215 Å². The highest BCUT2D eigenvalue weighted by atomic mass is 16.5. The standard InChI is InChI=1S/C28H32N6O3/c1-32-24-19(31-27(32)20-10-16-5-4-8-30-26(16)33(20)13-15-6-7-15)9-17(11-21(24)36-2)28(35)34-14-18-12-22(37-3)25(34)23(18)29/h4-5,8-11,15,18,22-23,25H,6-7,12-14,29H2,1-3H3/t18-,22+,23?,25-/m1/s1. The van der Waals surface area contributed by atoms with Gasteiger partial charge in [0.25, 0.3) is 5.91 Å². The average Bonchev–Trinajstić information content (AvgIpc) is 3.34. The van der Waals surface area contributed by atoms with E-state index in [1.165, 1.54) is 12.8 Å². The van der Waals surface area contributed by atoms with Crippen molar-refractivity contribution >= 4 is 28.0 Å². The number of fused-ring (bicyclic) bond motifs is 4. The average molecular weight is 501 g/mol. The van der Waals surface area contributed by atoms with Crippen molar-refractivity contribution in [2.45, 2.75) is 44.0 Å². The third kappa shape index (κ3) is 3.40. The maximum Gasteiger partial charge on any atom is 0.254 e. The molecule has 4 atom stereocenters. The molecule has 1 aliphatic heterocycles. The molecular weight excluding hydrogens is 468 g/mol. The van der Waals surface area contributed by atoms with E-state index in [-0.39, 0.29) is 30.0 Å². The van der Waals surface area contributed by atoms with Crippen molar-refractivity contribution < 1.29 is 14.3 Å². The summed E-state index contributed by atoms with van der Waals surface area (Å²) in [6.07, 6.45) is 5.23. The number of rotatable bonds is 6. The third-order valence-corrected chi connectivity index (χ3v) is 8.63. The molecule has 9 nitrogen and oxygen atoms in total. The SMILES string of the molecule is COc1cc(C(=O)N2C[C@H]3C[C@H](OC)[C@@H]2C3N)cc2nc(-c3cc4cccnc4n3CC3CC3)n(C)c12. The lowest BCUT2D eigenvalue weighted by atomic mass is 10.1. The van der Waals surface area contributed by atoms with E-state index in [1.54, 1.807) is 14.2 Å². The molecule has 3 aromatic heterocycles. The van der Waals surface area contributed by atoms with Gasteiger partial charge in [-0.2, -0.15) is 0 Å². The molecule has 3 fully saturated rings. The van der Waals surface area contributed by atoms with Gasteiger partial charge < -0.3 is 29.2 Å². The predicted molar refractivity (Wildman–Crippen MR) is 140 cm³/mol. The van der Waals surface area contributed by atoms with Gasteiger partial charge in [0.05, 0.1) is 30.5 Å². The molecule has 1 amide bonds. The van der Waals surface area contributed by atoms with Crippen molar-refractivity contribution in [1.29, 1.82) is 0 Å². The van der Waals surface area contributed by atoms with Crippen molar-refractivity contribution in [3.63, 3.8) is 0 Å². The Kier molecular flexibility index (Phi) is 5.10. The number of hydrogen-bond acceptors (Lipinski definition) is 6. The first-order valence-electron chi connectivity index (χ1n) is 13.1. The van der Waals surface area contributed by atoms with Gasteiger partial charge in [-0.25, -0.2) is 9.97 Å². The summed E-state index contributed by atoms with van der Waals surface area (Å²) in [4.78, 5) is 25.3. The zero-order chi connectivity index (χ0) is 25.4. The van der Waals surface area contributed by atoms with Crippen LogP contribution in [0.25, 0.3) is 33.6 Å². The molecule has 4 aromatic rings. The minimum Gasteiger partial charge on any atom is -0.494 e. The summed E-state index contributed by atoms with van der Waals surface area (Å²) in [5.74, 6) is 2.36. The zero-order valence-electron chi connectivity index (χ0n) is 21.4.